The van der Waals surface area contributed by atoms with E-state index in [1.807, 2.05) is 18.7 Å². The van der Waals surface area contributed by atoms with Gasteiger partial charge in [-0.2, -0.15) is 5.10 Å². The molecule has 0 spiro atoms. The Balaban J connectivity index is 2.01. The van der Waals surface area contributed by atoms with Crippen LogP contribution in [-0.4, -0.2) is 51.4 Å². The molecule has 2 heterocycles. The van der Waals surface area contributed by atoms with Crippen molar-refractivity contribution in [1.82, 2.24) is 20.0 Å². The highest BCUT2D eigenvalue weighted by atomic mass is 16.2. The minimum absolute atomic E-state index is 0.00459. The molecule has 2 rings (SSSR count). The molecule has 7 heteroatoms. The SMILES string of the molecule is CC(=O)N[C@@H]1CN(C(=O)CCn2nc(C)c(C(C)=O)c2C)C[C@H]1C(C)C. The van der Waals surface area contributed by atoms with Gasteiger partial charge in [0, 0.05) is 44.6 Å². The number of likely N-dealkylation sites (tertiary alicyclic amines) is 1. The standard InChI is InChI=1S/C19H30N4O3/c1-11(2)16-9-22(10-17(16)20-15(6)25)18(26)7-8-23-13(4)19(14(5)24)12(3)21-23/h11,16-17H,7-10H2,1-6H3,(H,20,25)/t16-,17+/m0/s1. The largest absolute Gasteiger partial charge is 0.351 e. The van der Waals surface area contributed by atoms with Gasteiger partial charge in [0.15, 0.2) is 5.78 Å². The zero-order valence-electron chi connectivity index (χ0n) is 16.6. The fourth-order valence-corrected chi connectivity index (χ4v) is 3.91. The quantitative estimate of drug-likeness (QED) is 0.781. The average Bonchev–Trinajstić information content (AvgIpc) is 3.05. The lowest BCUT2D eigenvalue weighted by Crippen LogP contribution is -2.41. The van der Waals surface area contributed by atoms with Crippen LogP contribution in [0.5, 0.6) is 0 Å². The number of amides is 2. The summed E-state index contributed by atoms with van der Waals surface area (Å²) in [6.07, 6.45) is 0.330. The van der Waals surface area contributed by atoms with Gasteiger partial charge in [0.2, 0.25) is 11.8 Å². The molecule has 0 radical (unpaired) electrons. The van der Waals surface area contributed by atoms with Crippen LogP contribution >= 0.6 is 0 Å². The van der Waals surface area contributed by atoms with Crippen LogP contribution < -0.4 is 5.32 Å². The van der Waals surface area contributed by atoms with E-state index < -0.39 is 0 Å². The number of aryl methyl sites for hydroxylation is 2. The first kappa shape index (κ1) is 20.1. The summed E-state index contributed by atoms with van der Waals surface area (Å²) in [6.45, 7) is 12.6. The normalized spacial score (nSPS) is 19.9. The van der Waals surface area contributed by atoms with Gasteiger partial charge in [0.05, 0.1) is 17.3 Å². The number of ketones is 1. The molecule has 1 aromatic heterocycles. The summed E-state index contributed by atoms with van der Waals surface area (Å²) in [4.78, 5) is 37.6. The fourth-order valence-electron chi connectivity index (χ4n) is 3.91. The summed E-state index contributed by atoms with van der Waals surface area (Å²) < 4.78 is 1.74. The van der Waals surface area contributed by atoms with Gasteiger partial charge in [-0.3, -0.25) is 19.1 Å². The smallest absolute Gasteiger partial charge is 0.224 e. The summed E-state index contributed by atoms with van der Waals surface area (Å²) >= 11 is 0. The number of nitrogens with one attached hydrogen (secondary N) is 1. The highest BCUT2D eigenvalue weighted by Crippen LogP contribution is 2.25. The van der Waals surface area contributed by atoms with Gasteiger partial charge in [-0.25, -0.2) is 0 Å². The van der Waals surface area contributed by atoms with E-state index in [9.17, 15) is 14.4 Å². The van der Waals surface area contributed by atoms with E-state index in [1.165, 1.54) is 13.8 Å². The van der Waals surface area contributed by atoms with Crippen molar-refractivity contribution in [2.45, 2.75) is 60.5 Å². The molecule has 26 heavy (non-hydrogen) atoms. The van der Waals surface area contributed by atoms with E-state index in [0.717, 1.165) is 5.69 Å². The van der Waals surface area contributed by atoms with Crippen molar-refractivity contribution in [3.8, 4) is 0 Å². The van der Waals surface area contributed by atoms with E-state index in [2.05, 4.69) is 24.3 Å². The zero-order chi connectivity index (χ0) is 19.6. The number of hydrogen-bond donors (Lipinski definition) is 1. The predicted octanol–water partition coefficient (Wildman–Crippen LogP) is 1.71. The maximum atomic E-state index is 12.7. The Morgan fingerprint density at radius 3 is 2.35 bits per heavy atom. The van der Waals surface area contributed by atoms with Gasteiger partial charge in [-0.1, -0.05) is 13.8 Å². The number of nitrogens with zero attached hydrogens (tertiary/aromatic N) is 3. The molecule has 2 atom stereocenters. The summed E-state index contributed by atoms with van der Waals surface area (Å²) in [6, 6.07) is 0.00875. The topological polar surface area (TPSA) is 84.3 Å². The molecule has 0 aliphatic carbocycles. The van der Waals surface area contributed by atoms with Gasteiger partial charge in [0.25, 0.3) is 0 Å². The highest BCUT2D eigenvalue weighted by molar-refractivity contribution is 5.96. The lowest BCUT2D eigenvalue weighted by molar-refractivity contribution is -0.131. The second-order valence-electron chi connectivity index (χ2n) is 7.59. The fraction of sp³-hybridized carbons (Fsp3) is 0.684. The van der Waals surface area contributed by atoms with Crippen molar-refractivity contribution in [3.63, 3.8) is 0 Å². The average molecular weight is 362 g/mol. The van der Waals surface area contributed by atoms with Crippen molar-refractivity contribution in [2.24, 2.45) is 11.8 Å². The van der Waals surface area contributed by atoms with E-state index in [-0.39, 0.29) is 29.6 Å². The Kier molecular flexibility index (Phi) is 6.21. The van der Waals surface area contributed by atoms with E-state index >= 15 is 0 Å². The summed E-state index contributed by atoms with van der Waals surface area (Å²) in [5, 5.41) is 7.37. The van der Waals surface area contributed by atoms with Crippen LogP contribution in [0.15, 0.2) is 0 Å². The molecule has 1 aliphatic rings. The maximum Gasteiger partial charge on any atom is 0.224 e. The number of hydrogen-bond acceptors (Lipinski definition) is 4. The molecule has 1 aromatic rings. The molecule has 1 N–H and O–H groups in total. The van der Waals surface area contributed by atoms with Crippen molar-refractivity contribution in [3.05, 3.63) is 17.0 Å². The third kappa shape index (κ3) is 4.31. The molecule has 1 fully saturated rings. The van der Waals surface area contributed by atoms with Gasteiger partial charge in [0.1, 0.15) is 0 Å². The van der Waals surface area contributed by atoms with E-state index in [4.69, 9.17) is 0 Å². The van der Waals surface area contributed by atoms with Crippen LogP contribution in [0.3, 0.4) is 0 Å². The maximum absolute atomic E-state index is 12.7. The zero-order valence-corrected chi connectivity index (χ0v) is 16.6. The Morgan fingerprint density at radius 1 is 1.19 bits per heavy atom. The van der Waals surface area contributed by atoms with E-state index in [1.54, 1.807) is 4.68 Å². The van der Waals surface area contributed by atoms with Gasteiger partial charge >= 0.3 is 0 Å². The molecular weight excluding hydrogens is 332 g/mol. The Morgan fingerprint density at radius 2 is 1.85 bits per heavy atom. The minimum atomic E-state index is -0.0608. The third-order valence-electron chi connectivity index (χ3n) is 5.23. The first-order valence-electron chi connectivity index (χ1n) is 9.21. The highest BCUT2D eigenvalue weighted by Gasteiger charge is 2.37. The number of carbonyl (C=O) groups excluding carboxylic acids is 3. The first-order valence-corrected chi connectivity index (χ1v) is 9.21. The van der Waals surface area contributed by atoms with Crippen LogP contribution in [0.4, 0.5) is 0 Å². The summed E-state index contributed by atoms with van der Waals surface area (Å²) in [5.41, 5.74) is 2.15. The third-order valence-corrected chi connectivity index (χ3v) is 5.23. The molecule has 1 saturated heterocycles. The van der Waals surface area contributed by atoms with E-state index in [0.29, 0.717) is 43.2 Å². The number of Topliss-reactive ketones (excluding diaryl/α,β-unsaturated/α-hetero) is 1. The number of aromatic nitrogens is 2. The number of carbonyl (C=O) groups is 3. The summed E-state index contributed by atoms with van der Waals surface area (Å²) in [5.74, 6) is 0.643. The van der Waals surface area contributed by atoms with Gasteiger partial charge < -0.3 is 10.2 Å². The monoisotopic (exact) mass is 362 g/mol. The molecule has 2 amide bonds. The number of rotatable bonds is 6. The van der Waals surface area contributed by atoms with Gasteiger partial charge in [-0.15, -0.1) is 0 Å². The van der Waals surface area contributed by atoms with Crippen molar-refractivity contribution >= 4 is 17.6 Å². The van der Waals surface area contributed by atoms with Crippen molar-refractivity contribution < 1.29 is 14.4 Å². The molecule has 0 saturated carbocycles. The molecule has 1 aliphatic heterocycles. The van der Waals surface area contributed by atoms with Crippen LogP contribution in [-0.2, 0) is 16.1 Å². The molecule has 0 bridgehead atoms. The predicted molar refractivity (Wildman–Crippen MR) is 98.8 cm³/mol. The lowest BCUT2D eigenvalue weighted by atomic mass is 9.91. The summed E-state index contributed by atoms with van der Waals surface area (Å²) in [7, 11) is 0. The lowest BCUT2D eigenvalue weighted by Gasteiger charge is -2.21. The molecule has 0 unspecified atom stereocenters. The Labute approximate surface area is 155 Å². The Hall–Kier alpha value is -2.18. The van der Waals surface area contributed by atoms with Crippen LogP contribution in [0.25, 0.3) is 0 Å². The van der Waals surface area contributed by atoms with Crippen LogP contribution in [0.2, 0.25) is 0 Å². The molecule has 0 aromatic carbocycles. The van der Waals surface area contributed by atoms with Crippen molar-refractivity contribution in [2.75, 3.05) is 13.1 Å². The molecular formula is C19H30N4O3. The Bertz CT molecular complexity index is 708. The second kappa shape index (κ2) is 8.01. The van der Waals surface area contributed by atoms with Gasteiger partial charge in [-0.05, 0) is 26.7 Å². The van der Waals surface area contributed by atoms with Crippen LogP contribution in [0, 0.1) is 25.7 Å². The minimum Gasteiger partial charge on any atom is -0.351 e. The van der Waals surface area contributed by atoms with Crippen molar-refractivity contribution in [1.29, 1.82) is 0 Å². The molecule has 144 valence electrons. The first-order chi connectivity index (χ1) is 12.1. The molecule has 7 nitrogen and oxygen atoms in total. The van der Waals surface area contributed by atoms with Crippen LogP contribution in [0.1, 0.15) is 55.9 Å². The second-order valence-corrected chi connectivity index (χ2v) is 7.59.